The summed E-state index contributed by atoms with van der Waals surface area (Å²) in [6, 6.07) is 16.7. The number of aromatic nitrogens is 1. The molecule has 0 atom stereocenters. The fourth-order valence-corrected chi connectivity index (χ4v) is 2.11. The van der Waals surface area contributed by atoms with E-state index in [-0.39, 0.29) is 0 Å². The second kappa shape index (κ2) is 4.49. The Kier molecular flexibility index (Phi) is 2.69. The summed E-state index contributed by atoms with van der Waals surface area (Å²) in [5.74, 6) is 0. The lowest BCUT2D eigenvalue weighted by Gasteiger charge is -2.09. The monoisotopic (exact) mass is 234 g/mol. The maximum Gasteiger partial charge on any atom is 0.0573 e. The van der Waals surface area contributed by atoms with Gasteiger partial charge in [0.1, 0.15) is 0 Å². The highest BCUT2D eigenvalue weighted by Crippen LogP contribution is 2.26. The molecule has 3 rings (SSSR count). The van der Waals surface area contributed by atoms with Crippen molar-refractivity contribution in [2.24, 2.45) is 0 Å². The molecule has 2 aromatic carbocycles. The van der Waals surface area contributed by atoms with E-state index >= 15 is 0 Å². The van der Waals surface area contributed by atoms with Crippen LogP contribution < -0.4 is 5.32 Å². The zero-order valence-electron chi connectivity index (χ0n) is 10.2. The van der Waals surface area contributed by atoms with Gasteiger partial charge in [-0.15, -0.1) is 0 Å². The van der Waals surface area contributed by atoms with E-state index in [0.29, 0.717) is 0 Å². The van der Waals surface area contributed by atoms with E-state index in [4.69, 9.17) is 0 Å². The van der Waals surface area contributed by atoms with E-state index < -0.39 is 0 Å². The van der Waals surface area contributed by atoms with Gasteiger partial charge in [0.05, 0.1) is 11.9 Å². The van der Waals surface area contributed by atoms with Crippen LogP contribution in [0.2, 0.25) is 0 Å². The molecule has 0 fully saturated rings. The Labute approximate surface area is 106 Å². The Morgan fingerprint density at radius 3 is 2.67 bits per heavy atom. The van der Waals surface area contributed by atoms with Gasteiger partial charge in [-0.25, -0.2) is 0 Å². The molecule has 0 amide bonds. The average molecular weight is 234 g/mol. The zero-order chi connectivity index (χ0) is 12.4. The molecule has 0 aliphatic heterocycles. The smallest absolute Gasteiger partial charge is 0.0573 e. The third-order valence-corrected chi connectivity index (χ3v) is 2.94. The summed E-state index contributed by atoms with van der Waals surface area (Å²) in [6.07, 6.45) is 3.70. The van der Waals surface area contributed by atoms with E-state index in [9.17, 15) is 0 Å². The SMILES string of the molecule is Cc1cncc(Nc2cccc3ccccc23)c1. The summed E-state index contributed by atoms with van der Waals surface area (Å²) in [5, 5.41) is 5.89. The number of benzene rings is 2. The van der Waals surface area contributed by atoms with Gasteiger partial charge in [0, 0.05) is 17.3 Å². The molecule has 1 heterocycles. The highest BCUT2D eigenvalue weighted by Gasteiger charge is 2.00. The van der Waals surface area contributed by atoms with Crippen LogP contribution in [0.1, 0.15) is 5.56 Å². The van der Waals surface area contributed by atoms with Crippen LogP contribution in [0.15, 0.2) is 60.9 Å². The summed E-state index contributed by atoms with van der Waals surface area (Å²) in [5.41, 5.74) is 3.28. The maximum absolute atomic E-state index is 4.20. The highest BCUT2D eigenvalue weighted by molar-refractivity contribution is 5.95. The molecule has 0 bridgehead atoms. The molecule has 0 unspecified atom stereocenters. The lowest BCUT2D eigenvalue weighted by Crippen LogP contribution is -1.92. The normalized spacial score (nSPS) is 10.5. The molecule has 0 spiro atoms. The Bertz CT molecular complexity index is 684. The van der Waals surface area contributed by atoms with Gasteiger partial charge >= 0.3 is 0 Å². The second-order valence-electron chi connectivity index (χ2n) is 4.40. The standard InChI is InChI=1S/C16H14N2/c1-12-9-14(11-17-10-12)18-16-8-4-6-13-5-2-3-7-15(13)16/h2-11,18H,1H3. The van der Waals surface area contributed by atoms with Crippen molar-refractivity contribution in [1.29, 1.82) is 0 Å². The number of hydrogen-bond donors (Lipinski definition) is 1. The predicted octanol–water partition coefficient (Wildman–Crippen LogP) is 4.29. The first-order chi connectivity index (χ1) is 8.83. The minimum atomic E-state index is 1.02. The molecule has 0 aliphatic rings. The van der Waals surface area contributed by atoms with Gasteiger partial charge in [0.2, 0.25) is 0 Å². The van der Waals surface area contributed by atoms with E-state index in [0.717, 1.165) is 16.9 Å². The van der Waals surface area contributed by atoms with Crippen LogP contribution in [-0.2, 0) is 0 Å². The van der Waals surface area contributed by atoms with Gasteiger partial charge < -0.3 is 5.32 Å². The van der Waals surface area contributed by atoms with Gasteiger partial charge in [-0.2, -0.15) is 0 Å². The molecule has 18 heavy (non-hydrogen) atoms. The van der Waals surface area contributed by atoms with Gasteiger partial charge in [-0.05, 0) is 30.0 Å². The third kappa shape index (κ3) is 2.05. The Morgan fingerprint density at radius 2 is 1.78 bits per heavy atom. The van der Waals surface area contributed by atoms with Crippen LogP contribution in [0.5, 0.6) is 0 Å². The van der Waals surface area contributed by atoms with Crippen LogP contribution in [-0.4, -0.2) is 4.98 Å². The van der Waals surface area contributed by atoms with Gasteiger partial charge in [-0.3, -0.25) is 4.98 Å². The maximum atomic E-state index is 4.20. The zero-order valence-corrected chi connectivity index (χ0v) is 10.2. The molecule has 88 valence electrons. The van der Waals surface area contributed by atoms with Crippen molar-refractivity contribution in [2.45, 2.75) is 6.92 Å². The molecule has 1 aromatic heterocycles. The van der Waals surface area contributed by atoms with Gasteiger partial charge in [-0.1, -0.05) is 36.4 Å². The predicted molar refractivity (Wildman–Crippen MR) is 76.2 cm³/mol. The molecular formula is C16H14N2. The van der Waals surface area contributed by atoms with Gasteiger partial charge in [0.15, 0.2) is 0 Å². The lowest BCUT2D eigenvalue weighted by molar-refractivity contribution is 1.27. The van der Waals surface area contributed by atoms with E-state index in [2.05, 4.69) is 58.8 Å². The number of rotatable bonds is 2. The number of aryl methyl sites for hydroxylation is 1. The Balaban J connectivity index is 2.05. The lowest BCUT2D eigenvalue weighted by atomic mass is 10.1. The van der Waals surface area contributed by atoms with Crippen LogP contribution in [0.3, 0.4) is 0 Å². The van der Waals surface area contributed by atoms with Crippen molar-refractivity contribution in [3.8, 4) is 0 Å². The quantitative estimate of drug-likeness (QED) is 0.715. The number of anilines is 2. The summed E-state index contributed by atoms with van der Waals surface area (Å²) < 4.78 is 0. The Hall–Kier alpha value is -2.35. The van der Waals surface area contributed by atoms with Crippen molar-refractivity contribution in [1.82, 2.24) is 4.98 Å². The molecule has 1 N–H and O–H groups in total. The molecule has 0 radical (unpaired) electrons. The van der Waals surface area contributed by atoms with Crippen LogP contribution >= 0.6 is 0 Å². The first kappa shape index (κ1) is 10.8. The topological polar surface area (TPSA) is 24.9 Å². The van der Waals surface area contributed by atoms with Crippen molar-refractivity contribution < 1.29 is 0 Å². The van der Waals surface area contributed by atoms with Crippen LogP contribution in [0.25, 0.3) is 10.8 Å². The molecule has 0 aliphatic carbocycles. The highest BCUT2D eigenvalue weighted by atomic mass is 14.9. The van der Waals surface area contributed by atoms with Crippen molar-refractivity contribution >= 4 is 22.1 Å². The molecule has 0 saturated carbocycles. The minimum absolute atomic E-state index is 1.02. The van der Waals surface area contributed by atoms with Crippen molar-refractivity contribution in [3.63, 3.8) is 0 Å². The molecule has 3 aromatic rings. The number of fused-ring (bicyclic) bond motifs is 1. The second-order valence-corrected chi connectivity index (χ2v) is 4.40. The first-order valence-electron chi connectivity index (χ1n) is 5.99. The number of nitrogens with one attached hydrogen (secondary N) is 1. The Morgan fingerprint density at radius 1 is 0.944 bits per heavy atom. The summed E-state index contributed by atoms with van der Waals surface area (Å²) >= 11 is 0. The van der Waals surface area contributed by atoms with Crippen LogP contribution in [0.4, 0.5) is 11.4 Å². The summed E-state index contributed by atoms with van der Waals surface area (Å²) in [4.78, 5) is 4.20. The van der Waals surface area contributed by atoms with Crippen molar-refractivity contribution in [3.05, 3.63) is 66.5 Å². The van der Waals surface area contributed by atoms with Crippen LogP contribution in [0, 0.1) is 6.92 Å². The largest absolute Gasteiger partial charge is 0.354 e. The van der Waals surface area contributed by atoms with E-state index in [1.54, 1.807) is 0 Å². The average Bonchev–Trinajstić information content (AvgIpc) is 2.39. The fraction of sp³-hybridized carbons (Fsp3) is 0.0625. The van der Waals surface area contributed by atoms with Crippen molar-refractivity contribution in [2.75, 3.05) is 5.32 Å². The molecule has 2 heteroatoms. The number of hydrogen-bond acceptors (Lipinski definition) is 2. The number of pyridine rings is 1. The van der Waals surface area contributed by atoms with E-state index in [1.165, 1.54) is 10.8 Å². The summed E-state index contributed by atoms with van der Waals surface area (Å²) in [6.45, 7) is 2.04. The van der Waals surface area contributed by atoms with Gasteiger partial charge in [0.25, 0.3) is 0 Å². The molecule has 2 nitrogen and oxygen atoms in total. The fourth-order valence-electron chi connectivity index (χ4n) is 2.11. The molecule has 0 saturated heterocycles. The van der Waals surface area contributed by atoms with E-state index in [1.807, 2.05) is 19.3 Å². The molecular weight excluding hydrogens is 220 g/mol. The summed E-state index contributed by atoms with van der Waals surface area (Å²) in [7, 11) is 0. The first-order valence-corrected chi connectivity index (χ1v) is 5.99. The third-order valence-electron chi connectivity index (χ3n) is 2.94. The minimum Gasteiger partial charge on any atom is -0.354 e. The number of nitrogens with zero attached hydrogens (tertiary/aromatic N) is 1.